The lowest BCUT2D eigenvalue weighted by molar-refractivity contribution is -0.135. The molecule has 7 N–H and O–H groups in total. The number of β-amino-alcohol motifs (C(OH)–C–C–N with tert-alkyl or cyclic N) is 1. The summed E-state index contributed by atoms with van der Waals surface area (Å²) in [7, 11) is 0. The molecule has 2 fully saturated rings. The van der Waals surface area contributed by atoms with Gasteiger partial charge in [0.05, 0.1) is 24.2 Å². The normalized spacial score (nSPS) is 21.2. The van der Waals surface area contributed by atoms with Gasteiger partial charge in [-0.2, -0.15) is 0 Å². The maximum Gasteiger partial charge on any atom is 0.243 e. The number of carbonyl (C=O) groups excluding carboxylic acids is 5. The molecular formula is C41H68IN7O6. The Morgan fingerprint density at radius 2 is 1.40 bits per heavy atom. The van der Waals surface area contributed by atoms with Crippen molar-refractivity contribution in [1.82, 2.24) is 36.8 Å². The molecule has 14 heteroatoms. The van der Waals surface area contributed by atoms with Crippen LogP contribution in [-0.2, 0) is 30.5 Å². The summed E-state index contributed by atoms with van der Waals surface area (Å²) in [4.78, 5) is 69.7. The van der Waals surface area contributed by atoms with Gasteiger partial charge in [-0.05, 0) is 109 Å². The number of halogens is 1. The van der Waals surface area contributed by atoms with E-state index in [2.05, 4.69) is 54.5 Å². The average molecular weight is 882 g/mol. The van der Waals surface area contributed by atoms with Gasteiger partial charge in [-0.25, -0.2) is 0 Å². The molecule has 3 rings (SSSR count). The summed E-state index contributed by atoms with van der Waals surface area (Å²) in [5, 5.41) is 29.8. The van der Waals surface area contributed by atoms with Crippen molar-refractivity contribution in [2.24, 2.45) is 23.7 Å². The van der Waals surface area contributed by atoms with Gasteiger partial charge in [0.1, 0.15) is 18.1 Å². The Hall–Kier alpha value is -2.82. The van der Waals surface area contributed by atoms with Crippen molar-refractivity contribution in [3.8, 4) is 0 Å². The van der Waals surface area contributed by atoms with Crippen LogP contribution >= 0.6 is 22.6 Å². The highest BCUT2D eigenvalue weighted by atomic mass is 127. The van der Waals surface area contributed by atoms with Gasteiger partial charge < -0.3 is 37.0 Å². The van der Waals surface area contributed by atoms with E-state index in [1.807, 2.05) is 84.6 Å². The summed E-state index contributed by atoms with van der Waals surface area (Å²) < 4.78 is 1.11. The van der Waals surface area contributed by atoms with Crippen LogP contribution in [0.5, 0.6) is 0 Å². The van der Waals surface area contributed by atoms with E-state index in [0.29, 0.717) is 45.2 Å². The lowest BCUT2D eigenvalue weighted by atomic mass is 9.94. The summed E-state index contributed by atoms with van der Waals surface area (Å²) in [6, 6.07) is 3.98. The fraction of sp³-hybridized carbons (Fsp3) is 0.732. The average Bonchev–Trinajstić information content (AvgIpc) is 3.86. The lowest BCUT2D eigenvalue weighted by Gasteiger charge is -2.34. The van der Waals surface area contributed by atoms with Crippen molar-refractivity contribution in [3.05, 3.63) is 33.4 Å². The summed E-state index contributed by atoms with van der Waals surface area (Å²) in [5.41, 5.74) is 0.973. The zero-order valence-corrected chi connectivity index (χ0v) is 36.4. The quantitative estimate of drug-likeness (QED) is 0.0921. The highest BCUT2D eigenvalue weighted by Gasteiger charge is 2.38. The van der Waals surface area contributed by atoms with Gasteiger partial charge in [0.25, 0.3) is 0 Å². The van der Waals surface area contributed by atoms with Gasteiger partial charge in [0.15, 0.2) is 0 Å². The molecule has 1 aromatic rings. The van der Waals surface area contributed by atoms with Crippen LogP contribution in [0.2, 0.25) is 0 Å². The molecule has 0 aliphatic carbocycles. The molecule has 2 saturated heterocycles. The first-order valence-electron chi connectivity index (χ1n) is 20.4. The van der Waals surface area contributed by atoms with Crippen LogP contribution in [0.25, 0.3) is 0 Å². The molecule has 0 saturated carbocycles. The number of amides is 5. The molecule has 0 bridgehead atoms. The predicted molar refractivity (Wildman–Crippen MR) is 224 cm³/mol. The van der Waals surface area contributed by atoms with Crippen molar-refractivity contribution in [2.75, 3.05) is 19.6 Å². The molecule has 310 valence electrons. The second-order valence-electron chi connectivity index (χ2n) is 16.4. The molecular weight excluding hydrogens is 813 g/mol. The summed E-state index contributed by atoms with van der Waals surface area (Å²) in [6.07, 6.45) is 3.75. The molecule has 55 heavy (non-hydrogen) atoms. The molecule has 0 radical (unpaired) electrons. The second kappa shape index (κ2) is 22.8. The standard InChI is InChI=1S/C41H68IN7O6/c1-9-26(7)35(39(53)44-22-28-15-17-29(42)18-16-28)47-38(52)32-14-12-20-49(32)23-33(50)31(21-24(3)4)45-41(55)36(27(8)10-2)48-40(54)34(25(5)6)46-37(51)30-13-11-19-43-30/h15-18,24-27,30-36,43,50H,9-14,19-23H2,1-8H3,(H,44,53)(H,45,55)(H,46,51)(H,47,52)(H,48,54)/t26-,27-,30-,31-,32-,33+,34-,35-,36-/m0/s1. The minimum absolute atomic E-state index is 0.0953. The summed E-state index contributed by atoms with van der Waals surface area (Å²) in [5.74, 6) is -1.92. The number of benzene rings is 1. The first-order valence-corrected chi connectivity index (χ1v) is 21.5. The summed E-state index contributed by atoms with van der Waals surface area (Å²) in [6.45, 7) is 17.4. The van der Waals surface area contributed by atoms with Crippen molar-refractivity contribution in [2.45, 2.75) is 149 Å². The fourth-order valence-corrected chi connectivity index (χ4v) is 7.66. The zero-order valence-electron chi connectivity index (χ0n) is 34.3. The number of likely N-dealkylation sites (tertiary alicyclic amines) is 1. The molecule has 0 aromatic heterocycles. The third kappa shape index (κ3) is 14.3. The Labute approximate surface area is 342 Å². The highest BCUT2D eigenvalue weighted by molar-refractivity contribution is 14.1. The fourth-order valence-electron chi connectivity index (χ4n) is 7.30. The Bertz CT molecular complexity index is 1410. The maximum atomic E-state index is 14.0. The minimum Gasteiger partial charge on any atom is -0.390 e. The summed E-state index contributed by atoms with van der Waals surface area (Å²) >= 11 is 2.24. The highest BCUT2D eigenvalue weighted by Crippen LogP contribution is 2.22. The molecule has 5 amide bonds. The van der Waals surface area contributed by atoms with Gasteiger partial charge in [-0.1, -0.05) is 80.4 Å². The van der Waals surface area contributed by atoms with Crippen LogP contribution in [0.15, 0.2) is 24.3 Å². The number of aliphatic hydroxyl groups excluding tert-OH is 1. The monoisotopic (exact) mass is 881 g/mol. The van der Waals surface area contributed by atoms with E-state index in [1.165, 1.54) is 0 Å². The number of hydrogen-bond acceptors (Lipinski definition) is 8. The van der Waals surface area contributed by atoms with Crippen LogP contribution in [0.3, 0.4) is 0 Å². The Balaban J connectivity index is 1.68. The topological polar surface area (TPSA) is 181 Å². The molecule has 0 spiro atoms. The van der Waals surface area contributed by atoms with Crippen molar-refractivity contribution in [1.29, 1.82) is 0 Å². The van der Waals surface area contributed by atoms with E-state index in [4.69, 9.17) is 0 Å². The molecule has 9 atom stereocenters. The van der Waals surface area contributed by atoms with Gasteiger partial charge >= 0.3 is 0 Å². The van der Waals surface area contributed by atoms with Crippen molar-refractivity contribution >= 4 is 52.1 Å². The maximum absolute atomic E-state index is 14.0. The number of hydrogen-bond donors (Lipinski definition) is 7. The van der Waals surface area contributed by atoms with Crippen LogP contribution in [-0.4, -0.2) is 102 Å². The molecule has 2 aliphatic heterocycles. The van der Waals surface area contributed by atoms with E-state index in [9.17, 15) is 29.1 Å². The van der Waals surface area contributed by atoms with E-state index >= 15 is 0 Å². The van der Waals surface area contributed by atoms with E-state index in [1.54, 1.807) is 0 Å². The number of nitrogens with one attached hydrogen (secondary N) is 6. The van der Waals surface area contributed by atoms with Gasteiger partial charge in [0, 0.05) is 16.7 Å². The number of aliphatic hydroxyl groups is 1. The van der Waals surface area contributed by atoms with Gasteiger partial charge in [0.2, 0.25) is 29.5 Å². The van der Waals surface area contributed by atoms with E-state index in [0.717, 1.165) is 28.5 Å². The minimum atomic E-state index is -1.00. The Morgan fingerprint density at radius 1 is 0.800 bits per heavy atom. The second-order valence-corrected chi connectivity index (χ2v) is 17.7. The first-order chi connectivity index (χ1) is 26.1. The number of rotatable bonds is 21. The third-order valence-electron chi connectivity index (χ3n) is 11.2. The predicted octanol–water partition coefficient (Wildman–Crippen LogP) is 3.22. The third-order valence-corrected chi connectivity index (χ3v) is 11.9. The lowest BCUT2D eigenvalue weighted by Crippen LogP contribution is -2.60. The number of nitrogens with zero attached hydrogens (tertiary/aromatic N) is 1. The van der Waals surface area contributed by atoms with Crippen LogP contribution in [0.4, 0.5) is 0 Å². The molecule has 13 nitrogen and oxygen atoms in total. The van der Waals surface area contributed by atoms with Crippen molar-refractivity contribution in [3.63, 3.8) is 0 Å². The van der Waals surface area contributed by atoms with Gasteiger partial charge in [-0.3, -0.25) is 28.9 Å². The molecule has 2 heterocycles. The largest absolute Gasteiger partial charge is 0.390 e. The molecule has 2 aliphatic rings. The van der Waals surface area contributed by atoms with Gasteiger partial charge in [-0.15, -0.1) is 0 Å². The van der Waals surface area contributed by atoms with Crippen LogP contribution < -0.4 is 31.9 Å². The van der Waals surface area contributed by atoms with E-state index in [-0.39, 0.29) is 54.0 Å². The SMILES string of the molecule is CC[C@H](C)[C@H](NC(=O)[C@@H](NC(=O)[C@@H]1CCCN1)C(C)C)C(=O)N[C@@H](CC(C)C)[C@H](O)CN1CCC[C@H]1C(=O)N[C@H](C(=O)NCc1ccc(I)cc1)[C@@H](C)CC. The molecule has 0 unspecified atom stereocenters. The van der Waals surface area contributed by atoms with E-state index < -0.39 is 48.1 Å². The van der Waals surface area contributed by atoms with Crippen LogP contribution in [0.1, 0.15) is 106 Å². The van der Waals surface area contributed by atoms with Crippen molar-refractivity contribution < 1.29 is 29.1 Å². The number of carbonyl (C=O) groups is 5. The Morgan fingerprint density at radius 3 is 1.96 bits per heavy atom. The molecule has 1 aromatic carbocycles. The Kier molecular flexibility index (Phi) is 19.3. The smallest absolute Gasteiger partial charge is 0.243 e. The first kappa shape index (κ1) is 46.6. The van der Waals surface area contributed by atoms with Crippen LogP contribution in [0, 0.1) is 27.2 Å². The zero-order chi connectivity index (χ0) is 40.8.